The van der Waals surface area contributed by atoms with Crippen LogP contribution in [0.25, 0.3) is 0 Å². The average molecular weight is 345 g/mol. The summed E-state index contributed by atoms with van der Waals surface area (Å²) in [6.45, 7) is 1.52. The molecule has 5 heteroatoms. The number of benzene rings is 2. The molecule has 1 aliphatic rings. The van der Waals surface area contributed by atoms with E-state index in [4.69, 9.17) is 4.74 Å². The Bertz CT molecular complexity index is 705. The molecule has 0 spiro atoms. The Kier molecular flexibility index (Phi) is 5.53. The molecule has 1 unspecified atom stereocenters. The van der Waals surface area contributed by atoms with E-state index in [9.17, 15) is 9.18 Å². The van der Waals surface area contributed by atoms with E-state index in [1.54, 1.807) is 23.9 Å². The molecule has 2 aromatic rings. The van der Waals surface area contributed by atoms with Gasteiger partial charge in [0.2, 0.25) is 0 Å². The predicted octanol–water partition coefficient (Wildman–Crippen LogP) is 3.52. The monoisotopic (exact) mass is 345 g/mol. The molecule has 0 aromatic heterocycles. The number of carbonyl (C=O) groups excluding carboxylic acids is 1. The molecule has 0 saturated heterocycles. The molecule has 0 amide bonds. The molecule has 2 aromatic carbocycles. The molecule has 0 N–H and O–H groups in total. The van der Waals surface area contributed by atoms with E-state index in [1.807, 2.05) is 12.1 Å². The Hall–Kier alpha value is -1.85. The molecule has 0 saturated carbocycles. The van der Waals surface area contributed by atoms with Gasteiger partial charge in [-0.25, -0.2) is 4.39 Å². The fraction of sp³-hybridized carbons (Fsp3) is 0.316. The summed E-state index contributed by atoms with van der Waals surface area (Å²) >= 11 is 1.66. The van der Waals surface area contributed by atoms with Crippen LogP contribution in [0, 0.1) is 5.82 Å². The maximum Gasteiger partial charge on any atom is 0.323 e. The molecule has 3 nitrogen and oxygen atoms in total. The molecule has 0 aliphatic carbocycles. The van der Waals surface area contributed by atoms with Gasteiger partial charge in [0.25, 0.3) is 0 Å². The topological polar surface area (TPSA) is 29.5 Å². The number of hydrogen-bond donors (Lipinski definition) is 0. The molecular formula is C19H20FNO2S. The Labute approximate surface area is 145 Å². The summed E-state index contributed by atoms with van der Waals surface area (Å²) in [6.07, 6.45) is 0.685. The highest BCUT2D eigenvalue weighted by Crippen LogP contribution is 2.25. The van der Waals surface area contributed by atoms with Crippen LogP contribution < -0.4 is 0 Å². The smallest absolute Gasteiger partial charge is 0.323 e. The number of halogens is 1. The molecule has 0 bridgehead atoms. The first-order valence-corrected chi connectivity index (χ1v) is 8.93. The lowest BCUT2D eigenvalue weighted by Crippen LogP contribution is -2.47. The van der Waals surface area contributed by atoms with Gasteiger partial charge in [-0.15, -0.1) is 11.8 Å². The second kappa shape index (κ2) is 7.81. The molecule has 0 fully saturated rings. The largest absolute Gasteiger partial charge is 0.468 e. The van der Waals surface area contributed by atoms with Crippen molar-refractivity contribution in [1.29, 1.82) is 0 Å². The second-order valence-corrected chi connectivity index (χ2v) is 6.95. The van der Waals surface area contributed by atoms with Crippen LogP contribution in [-0.4, -0.2) is 36.3 Å². The minimum atomic E-state index is -0.237. The van der Waals surface area contributed by atoms with E-state index in [-0.39, 0.29) is 17.8 Å². The zero-order valence-corrected chi connectivity index (χ0v) is 14.4. The van der Waals surface area contributed by atoms with Crippen molar-refractivity contribution in [2.75, 3.05) is 19.4 Å². The lowest BCUT2D eigenvalue weighted by Gasteiger charge is -2.35. The number of fused-ring (bicyclic) bond motifs is 1. The van der Waals surface area contributed by atoms with Crippen LogP contribution in [0.1, 0.15) is 11.1 Å². The van der Waals surface area contributed by atoms with Crippen molar-refractivity contribution in [2.24, 2.45) is 0 Å². The highest BCUT2D eigenvalue weighted by atomic mass is 32.2. The fourth-order valence-electron chi connectivity index (χ4n) is 2.99. The molecule has 1 atom stereocenters. The lowest BCUT2D eigenvalue weighted by molar-refractivity contribution is -0.147. The van der Waals surface area contributed by atoms with Gasteiger partial charge in [-0.3, -0.25) is 9.69 Å². The first-order chi connectivity index (χ1) is 11.7. The number of esters is 1. The Morgan fingerprint density at radius 3 is 2.62 bits per heavy atom. The third-order valence-electron chi connectivity index (χ3n) is 4.28. The fourth-order valence-corrected chi connectivity index (χ4v) is 3.88. The lowest BCUT2D eigenvalue weighted by atomic mass is 9.94. The van der Waals surface area contributed by atoms with Gasteiger partial charge in [-0.2, -0.15) is 0 Å². The quantitative estimate of drug-likeness (QED) is 0.613. The minimum Gasteiger partial charge on any atom is -0.468 e. The van der Waals surface area contributed by atoms with Crippen molar-refractivity contribution >= 4 is 17.7 Å². The third kappa shape index (κ3) is 3.97. The Morgan fingerprint density at radius 2 is 1.92 bits per heavy atom. The van der Waals surface area contributed by atoms with Crippen LogP contribution in [-0.2, 0) is 22.5 Å². The van der Waals surface area contributed by atoms with Crippen molar-refractivity contribution in [3.63, 3.8) is 0 Å². The summed E-state index contributed by atoms with van der Waals surface area (Å²) < 4.78 is 17.9. The summed E-state index contributed by atoms with van der Waals surface area (Å²) in [5.41, 5.74) is 2.49. The summed E-state index contributed by atoms with van der Waals surface area (Å²) in [5.74, 6) is 0.426. The SMILES string of the molecule is COC(=O)C1Cc2ccccc2CN1CCSc1ccc(F)cc1. The van der Waals surface area contributed by atoms with Crippen molar-refractivity contribution < 1.29 is 13.9 Å². The number of hydrogen-bond acceptors (Lipinski definition) is 4. The maximum absolute atomic E-state index is 13.0. The minimum absolute atomic E-state index is 0.184. The number of thioether (sulfide) groups is 1. The third-order valence-corrected chi connectivity index (χ3v) is 5.27. The first kappa shape index (κ1) is 17.0. The van der Waals surface area contributed by atoms with Gasteiger partial charge in [-0.1, -0.05) is 24.3 Å². The molecule has 0 radical (unpaired) electrons. The predicted molar refractivity (Wildman–Crippen MR) is 93.5 cm³/mol. The highest BCUT2D eigenvalue weighted by molar-refractivity contribution is 7.99. The van der Waals surface area contributed by atoms with Gasteiger partial charge in [-0.05, 0) is 41.8 Å². The van der Waals surface area contributed by atoms with E-state index in [2.05, 4.69) is 17.0 Å². The van der Waals surface area contributed by atoms with Crippen molar-refractivity contribution in [1.82, 2.24) is 4.90 Å². The van der Waals surface area contributed by atoms with Crippen LogP contribution in [0.3, 0.4) is 0 Å². The summed E-state index contributed by atoms with van der Waals surface area (Å²) in [4.78, 5) is 15.3. The number of carbonyl (C=O) groups is 1. The number of nitrogens with zero attached hydrogens (tertiary/aromatic N) is 1. The summed E-state index contributed by atoms with van der Waals surface area (Å²) in [7, 11) is 1.44. The first-order valence-electron chi connectivity index (χ1n) is 7.94. The number of rotatable bonds is 5. The van der Waals surface area contributed by atoms with Gasteiger partial charge in [0.15, 0.2) is 0 Å². The van der Waals surface area contributed by atoms with E-state index >= 15 is 0 Å². The van der Waals surface area contributed by atoms with Gasteiger partial charge >= 0.3 is 5.97 Å². The molecule has 126 valence electrons. The maximum atomic E-state index is 13.0. The molecule has 3 rings (SSSR count). The van der Waals surface area contributed by atoms with Gasteiger partial charge < -0.3 is 4.74 Å². The standard InChI is InChI=1S/C19H20FNO2S/c1-23-19(22)18-12-14-4-2-3-5-15(14)13-21(18)10-11-24-17-8-6-16(20)7-9-17/h2-9,18H,10-13H2,1H3. The van der Waals surface area contributed by atoms with Crippen molar-refractivity contribution in [2.45, 2.75) is 23.9 Å². The summed E-state index contributed by atoms with van der Waals surface area (Å²) in [5, 5.41) is 0. The van der Waals surface area contributed by atoms with Gasteiger partial charge in [0, 0.05) is 23.7 Å². The Balaban J connectivity index is 1.65. The average Bonchev–Trinajstić information content (AvgIpc) is 2.62. The van der Waals surface area contributed by atoms with E-state index in [0.29, 0.717) is 6.42 Å². The zero-order chi connectivity index (χ0) is 16.9. The second-order valence-electron chi connectivity index (χ2n) is 5.78. The van der Waals surface area contributed by atoms with E-state index in [1.165, 1.54) is 30.4 Å². The zero-order valence-electron chi connectivity index (χ0n) is 13.6. The van der Waals surface area contributed by atoms with Crippen molar-refractivity contribution in [3.05, 3.63) is 65.5 Å². The van der Waals surface area contributed by atoms with Crippen LogP contribution in [0.5, 0.6) is 0 Å². The molecule has 1 heterocycles. The van der Waals surface area contributed by atoms with Crippen LogP contribution in [0.2, 0.25) is 0 Å². The van der Waals surface area contributed by atoms with Crippen molar-refractivity contribution in [3.8, 4) is 0 Å². The number of methoxy groups -OCH3 is 1. The van der Waals surface area contributed by atoms with E-state index in [0.717, 1.165) is 23.7 Å². The van der Waals surface area contributed by atoms with Crippen LogP contribution in [0.15, 0.2) is 53.4 Å². The van der Waals surface area contributed by atoms with Gasteiger partial charge in [0.1, 0.15) is 11.9 Å². The number of ether oxygens (including phenoxy) is 1. The molecular weight excluding hydrogens is 325 g/mol. The van der Waals surface area contributed by atoms with Gasteiger partial charge in [0.05, 0.1) is 7.11 Å². The Morgan fingerprint density at radius 1 is 1.21 bits per heavy atom. The summed E-state index contributed by atoms with van der Waals surface area (Å²) in [6, 6.07) is 14.5. The van der Waals surface area contributed by atoms with E-state index < -0.39 is 0 Å². The normalized spacial score (nSPS) is 17.3. The molecule has 1 aliphatic heterocycles. The molecule has 24 heavy (non-hydrogen) atoms. The highest BCUT2D eigenvalue weighted by Gasteiger charge is 2.31. The van der Waals surface area contributed by atoms with Crippen LogP contribution in [0.4, 0.5) is 4.39 Å². The van der Waals surface area contributed by atoms with Crippen LogP contribution >= 0.6 is 11.8 Å².